The van der Waals surface area contributed by atoms with Crippen LogP contribution in [0.4, 0.5) is 0 Å². The molecular formula is C13H22N2O4S. The van der Waals surface area contributed by atoms with Crippen molar-refractivity contribution in [3.8, 4) is 11.5 Å². The van der Waals surface area contributed by atoms with E-state index in [1.807, 2.05) is 13.8 Å². The minimum absolute atomic E-state index is 0.106. The molecule has 0 aliphatic heterocycles. The first-order valence-corrected chi connectivity index (χ1v) is 7.78. The van der Waals surface area contributed by atoms with Crippen molar-refractivity contribution in [2.24, 2.45) is 11.7 Å². The Kier molecular flexibility index (Phi) is 5.79. The summed E-state index contributed by atoms with van der Waals surface area (Å²) >= 11 is 0. The Morgan fingerprint density at radius 3 is 2.25 bits per heavy atom. The van der Waals surface area contributed by atoms with E-state index in [0.717, 1.165) is 0 Å². The van der Waals surface area contributed by atoms with Crippen LogP contribution in [0, 0.1) is 5.92 Å². The number of methoxy groups -OCH3 is 2. The van der Waals surface area contributed by atoms with E-state index >= 15 is 0 Å². The Labute approximate surface area is 120 Å². The SMILES string of the molecule is COc1ccc(S(=O)(=O)NC(CN)C(C)C)cc1OC. The van der Waals surface area contributed by atoms with E-state index in [1.54, 1.807) is 6.07 Å². The van der Waals surface area contributed by atoms with Gasteiger partial charge in [0.05, 0.1) is 19.1 Å². The topological polar surface area (TPSA) is 90.7 Å². The number of benzene rings is 1. The number of hydrogen-bond donors (Lipinski definition) is 2. The Balaban J connectivity index is 3.09. The van der Waals surface area contributed by atoms with Gasteiger partial charge in [0.2, 0.25) is 10.0 Å². The monoisotopic (exact) mass is 302 g/mol. The molecule has 1 rings (SSSR count). The maximum atomic E-state index is 12.3. The molecule has 0 heterocycles. The predicted octanol–water partition coefficient (Wildman–Crippen LogP) is 0.965. The van der Waals surface area contributed by atoms with Gasteiger partial charge in [-0.1, -0.05) is 13.8 Å². The Bertz CT molecular complexity index is 543. The summed E-state index contributed by atoms with van der Waals surface area (Å²) in [7, 11) is -0.689. The molecule has 0 amide bonds. The predicted molar refractivity (Wildman–Crippen MR) is 77.5 cm³/mol. The van der Waals surface area contributed by atoms with Gasteiger partial charge in [-0.25, -0.2) is 13.1 Å². The molecule has 0 bridgehead atoms. The van der Waals surface area contributed by atoms with E-state index in [1.165, 1.54) is 26.4 Å². The van der Waals surface area contributed by atoms with Gasteiger partial charge in [-0.15, -0.1) is 0 Å². The fourth-order valence-corrected chi connectivity index (χ4v) is 3.12. The number of rotatable bonds is 7. The van der Waals surface area contributed by atoms with Gasteiger partial charge in [0, 0.05) is 18.7 Å². The van der Waals surface area contributed by atoms with Gasteiger partial charge in [-0.05, 0) is 18.1 Å². The quantitative estimate of drug-likeness (QED) is 0.783. The lowest BCUT2D eigenvalue weighted by Crippen LogP contribution is -2.43. The number of hydrogen-bond acceptors (Lipinski definition) is 5. The molecule has 0 saturated carbocycles. The van der Waals surface area contributed by atoms with E-state index in [2.05, 4.69) is 4.72 Å². The third-order valence-corrected chi connectivity index (χ3v) is 4.52. The highest BCUT2D eigenvalue weighted by atomic mass is 32.2. The Morgan fingerprint density at radius 1 is 1.20 bits per heavy atom. The van der Waals surface area contributed by atoms with Crippen molar-refractivity contribution in [2.45, 2.75) is 24.8 Å². The van der Waals surface area contributed by atoms with Crippen LogP contribution in [0.2, 0.25) is 0 Å². The molecule has 0 fully saturated rings. The second-order valence-electron chi connectivity index (χ2n) is 4.72. The zero-order chi connectivity index (χ0) is 15.3. The van der Waals surface area contributed by atoms with Gasteiger partial charge in [0.1, 0.15) is 0 Å². The summed E-state index contributed by atoms with van der Waals surface area (Å²) in [5, 5.41) is 0. The fourth-order valence-electron chi connectivity index (χ4n) is 1.71. The lowest BCUT2D eigenvalue weighted by Gasteiger charge is -2.20. The van der Waals surface area contributed by atoms with Crippen LogP contribution in [0.25, 0.3) is 0 Å². The van der Waals surface area contributed by atoms with Crippen LogP contribution in [0.5, 0.6) is 11.5 Å². The average Bonchev–Trinajstić information content (AvgIpc) is 2.43. The van der Waals surface area contributed by atoms with Crippen molar-refractivity contribution in [3.05, 3.63) is 18.2 Å². The van der Waals surface area contributed by atoms with Crippen molar-refractivity contribution >= 4 is 10.0 Å². The minimum atomic E-state index is -3.64. The van der Waals surface area contributed by atoms with Crippen LogP contribution < -0.4 is 19.9 Å². The van der Waals surface area contributed by atoms with Gasteiger partial charge < -0.3 is 15.2 Å². The van der Waals surface area contributed by atoms with Gasteiger partial charge in [0.15, 0.2) is 11.5 Å². The standard InChI is InChI=1S/C13H22N2O4S/c1-9(2)11(8-14)15-20(16,17)10-5-6-12(18-3)13(7-10)19-4/h5-7,9,11,15H,8,14H2,1-4H3. The second-order valence-corrected chi connectivity index (χ2v) is 6.44. The van der Waals surface area contributed by atoms with Crippen LogP contribution in [-0.4, -0.2) is 35.2 Å². The third kappa shape index (κ3) is 3.84. The molecule has 20 heavy (non-hydrogen) atoms. The molecule has 0 aliphatic carbocycles. The normalized spacial score (nSPS) is 13.3. The van der Waals surface area contributed by atoms with Crippen molar-refractivity contribution in [1.29, 1.82) is 0 Å². The summed E-state index contributed by atoms with van der Waals surface area (Å²) < 4.78 is 37.4. The van der Waals surface area contributed by atoms with Gasteiger partial charge in [0.25, 0.3) is 0 Å². The van der Waals surface area contributed by atoms with E-state index < -0.39 is 10.0 Å². The summed E-state index contributed by atoms with van der Waals surface area (Å²) in [6, 6.07) is 4.14. The molecule has 3 N–H and O–H groups in total. The summed E-state index contributed by atoms with van der Waals surface area (Å²) in [6.07, 6.45) is 0. The third-order valence-electron chi connectivity index (χ3n) is 3.03. The first kappa shape index (κ1) is 16.7. The van der Waals surface area contributed by atoms with Gasteiger partial charge in [-0.2, -0.15) is 0 Å². The van der Waals surface area contributed by atoms with E-state index in [-0.39, 0.29) is 23.4 Å². The first-order chi connectivity index (χ1) is 9.35. The average molecular weight is 302 g/mol. The molecule has 1 unspecified atom stereocenters. The molecule has 0 radical (unpaired) electrons. The van der Waals surface area contributed by atoms with Gasteiger partial charge in [-0.3, -0.25) is 0 Å². The molecular weight excluding hydrogens is 280 g/mol. The smallest absolute Gasteiger partial charge is 0.241 e. The van der Waals surface area contributed by atoms with Crippen LogP contribution in [0.1, 0.15) is 13.8 Å². The molecule has 114 valence electrons. The highest BCUT2D eigenvalue weighted by Crippen LogP contribution is 2.29. The van der Waals surface area contributed by atoms with Crippen molar-refractivity contribution in [1.82, 2.24) is 4.72 Å². The second kappa shape index (κ2) is 6.92. The van der Waals surface area contributed by atoms with Crippen molar-refractivity contribution < 1.29 is 17.9 Å². The Morgan fingerprint density at radius 2 is 1.80 bits per heavy atom. The molecule has 1 aromatic carbocycles. The number of sulfonamides is 1. The molecule has 0 aromatic heterocycles. The summed E-state index contributed by atoms with van der Waals surface area (Å²) in [5.41, 5.74) is 5.59. The number of nitrogens with one attached hydrogen (secondary N) is 1. The summed E-state index contributed by atoms with van der Waals surface area (Å²) in [5.74, 6) is 0.949. The lowest BCUT2D eigenvalue weighted by molar-refractivity contribution is 0.353. The molecule has 1 aromatic rings. The lowest BCUT2D eigenvalue weighted by atomic mass is 10.1. The molecule has 0 saturated heterocycles. The molecule has 6 nitrogen and oxygen atoms in total. The highest BCUT2D eigenvalue weighted by molar-refractivity contribution is 7.89. The van der Waals surface area contributed by atoms with Crippen molar-refractivity contribution in [2.75, 3.05) is 20.8 Å². The first-order valence-electron chi connectivity index (χ1n) is 6.30. The molecule has 0 aliphatic rings. The minimum Gasteiger partial charge on any atom is -0.493 e. The molecule has 0 spiro atoms. The molecule has 1 atom stereocenters. The van der Waals surface area contributed by atoms with E-state index in [0.29, 0.717) is 11.5 Å². The van der Waals surface area contributed by atoms with Crippen LogP contribution in [0.3, 0.4) is 0 Å². The van der Waals surface area contributed by atoms with Crippen LogP contribution >= 0.6 is 0 Å². The van der Waals surface area contributed by atoms with E-state index in [4.69, 9.17) is 15.2 Å². The zero-order valence-electron chi connectivity index (χ0n) is 12.2. The maximum Gasteiger partial charge on any atom is 0.241 e. The van der Waals surface area contributed by atoms with Crippen LogP contribution in [-0.2, 0) is 10.0 Å². The van der Waals surface area contributed by atoms with Crippen molar-refractivity contribution in [3.63, 3.8) is 0 Å². The number of nitrogens with two attached hydrogens (primary N) is 1. The Hall–Kier alpha value is -1.31. The summed E-state index contributed by atoms with van der Waals surface area (Å²) in [4.78, 5) is 0.120. The van der Waals surface area contributed by atoms with Gasteiger partial charge >= 0.3 is 0 Å². The highest BCUT2D eigenvalue weighted by Gasteiger charge is 2.22. The summed E-state index contributed by atoms with van der Waals surface area (Å²) in [6.45, 7) is 4.06. The zero-order valence-corrected chi connectivity index (χ0v) is 13.0. The van der Waals surface area contributed by atoms with E-state index in [9.17, 15) is 8.42 Å². The fraction of sp³-hybridized carbons (Fsp3) is 0.538. The van der Waals surface area contributed by atoms with Crippen LogP contribution in [0.15, 0.2) is 23.1 Å². The molecule has 7 heteroatoms. The number of ether oxygens (including phenoxy) is 2. The maximum absolute atomic E-state index is 12.3. The largest absolute Gasteiger partial charge is 0.493 e.